The molecular weight excluding hydrogens is 799 g/mol. The monoisotopic (exact) mass is 845 g/mol. The van der Waals surface area contributed by atoms with Crippen molar-refractivity contribution in [2.45, 2.75) is 38.5 Å². The number of nitrogens with zero attached hydrogens (tertiary/aromatic N) is 1. The smallest absolute Gasteiger partial charge is 0.143 e. The Morgan fingerprint density at radius 1 is 0.364 bits per heavy atom. The van der Waals surface area contributed by atoms with Crippen molar-refractivity contribution in [2.75, 3.05) is 4.90 Å². The maximum Gasteiger partial charge on any atom is 0.143 e. The molecule has 2 heteroatoms. The van der Waals surface area contributed by atoms with Crippen LogP contribution in [0.4, 0.5) is 17.1 Å². The van der Waals surface area contributed by atoms with Crippen LogP contribution in [-0.2, 0) is 10.8 Å². The summed E-state index contributed by atoms with van der Waals surface area (Å²) in [5, 5.41) is 4.56. The molecule has 0 aliphatic heterocycles. The molecule has 11 aromatic rings. The van der Waals surface area contributed by atoms with Crippen molar-refractivity contribution >= 4 is 49.8 Å². The lowest BCUT2D eigenvalue weighted by molar-refractivity contribution is 0.660. The van der Waals surface area contributed by atoms with Gasteiger partial charge in [-0.3, -0.25) is 0 Å². The molecule has 1 heterocycles. The SMILES string of the molecule is CC1(C)c2ccccc2-c2cc(-c3cccc(N(c4cccc(-c5cccc6oc7c8ccccc8ccc7c56)c4)c4ccccc4-c4cccc5c4-c4ccccc4C5(C)C)c3)ccc21. The molecule has 0 fully saturated rings. The van der Waals surface area contributed by atoms with E-state index >= 15 is 0 Å². The van der Waals surface area contributed by atoms with E-state index in [1.807, 2.05) is 0 Å². The number of hydrogen-bond donors (Lipinski definition) is 0. The third-order valence-electron chi connectivity index (χ3n) is 14.9. The van der Waals surface area contributed by atoms with Crippen molar-refractivity contribution in [3.63, 3.8) is 0 Å². The fourth-order valence-corrected chi connectivity index (χ4v) is 11.6. The van der Waals surface area contributed by atoms with E-state index in [4.69, 9.17) is 4.42 Å². The number of rotatable bonds is 6. The molecule has 0 bridgehead atoms. The van der Waals surface area contributed by atoms with E-state index in [0.717, 1.165) is 55.5 Å². The maximum atomic E-state index is 6.69. The third kappa shape index (κ3) is 5.61. The lowest BCUT2D eigenvalue weighted by Crippen LogP contribution is -2.15. The highest BCUT2D eigenvalue weighted by molar-refractivity contribution is 6.19. The highest BCUT2D eigenvalue weighted by atomic mass is 16.3. The first-order valence-electron chi connectivity index (χ1n) is 23.2. The van der Waals surface area contributed by atoms with E-state index in [1.165, 1.54) is 72.1 Å². The maximum absolute atomic E-state index is 6.69. The molecule has 13 rings (SSSR count). The summed E-state index contributed by atoms with van der Waals surface area (Å²) in [6.45, 7) is 9.42. The zero-order chi connectivity index (χ0) is 44.3. The quantitative estimate of drug-likeness (QED) is 0.166. The number of anilines is 3. The Morgan fingerprint density at radius 3 is 1.77 bits per heavy atom. The van der Waals surface area contributed by atoms with Crippen molar-refractivity contribution in [3.05, 3.63) is 235 Å². The van der Waals surface area contributed by atoms with E-state index < -0.39 is 0 Å². The van der Waals surface area contributed by atoms with Crippen molar-refractivity contribution in [3.8, 4) is 55.6 Å². The van der Waals surface area contributed by atoms with Gasteiger partial charge in [-0.15, -0.1) is 0 Å². The fourth-order valence-electron chi connectivity index (χ4n) is 11.6. The highest BCUT2D eigenvalue weighted by Gasteiger charge is 2.38. The van der Waals surface area contributed by atoms with E-state index in [0.29, 0.717) is 0 Å². The lowest BCUT2D eigenvalue weighted by Gasteiger charge is -2.29. The standard InChI is InChI=1S/C64H47NO/c1-63(2)54-28-10-7-23-48(54)53-39-42(34-36-56(53)63)41-18-13-20-44(37-41)65(58-31-12-9-24-49(58)50-27-15-30-57-60(50)51-25-8-11-29-55(51)64(57,3)4)45-21-14-19-43(38-45)46-26-16-32-59-61(46)52-35-33-40-17-5-6-22-47(40)62(52)66-59/h5-39H,1-4H3. The van der Waals surface area contributed by atoms with Crippen LogP contribution in [-0.4, -0.2) is 0 Å². The first-order chi connectivity index (χ1) is 32.3. The largest absolute Gasteiger partial charge is 0.455 e. The molecule has 2 aliphatic rings. The van der Waals surface area contributed by atoms with Crippen LogP contribution in [0, 0.1) is 0 Å². The van der Waals surface area contributed by atoms with E-state index in [1.54, 1.807) is 0 Å². The summed E-state index contributed by atoms with van der Waals surface area (Å²) in [6.07, 6.45) is 0. The number of furan rings is 1. The fraction of sp³-hybridized carbons (Fsp3) is 0.0938. The summed E-state index contributed by atoms with van der Waals surface area (Å²) < 4.78 is 6.69. The normalized spacial score (nSPS) is 14.0. The molecule has 0 unspecified atom stereocenters. The van der Waals surface area contributed by atoms with Crippen LogP contribution in [0.1, 0.15) is 49.9 Å². The molecule has 0 amide bonds. The predicted molar refractivity (Wildman–Crippen MR) is 277 cm³/mol. The average molecular weight is 846 g/mol. The summed E-state index contributed by atoms with van der Waals surface area (Å²) in [5.41, 5.74) is 22.8. The minimum Gasteiger partial charge on any atom is -0.455 e. The van der Waals surface area contributed by atoms with Gasteiger partial charge in [0, 0.05) is 43.9 Å². The van der Waals surface area contributed by atoms with Gasteiger partial charge < -0.3 is 9.32 Å². The first-order valence-corrected chi connectivity index (χ1v) is 23.2. The van der Waals surface area contributed by atoms with Gasteiger partial charge in [0.25, 0.3) is 0 Å². The second-order valence-electron chi connectivity index (χ2n) is 19.2. The molecule has 0 saturated heterocycles. The minimum atomic E-state index is -0.116. The van der Waals surface area contributed by atoms with Gasteiger partial charge in [0.15, 0.2) is 0 Å². The van der Waals surface area contributed by atoms with E-state index in [-0.39, 0.29) is 10.8 Å². The molecule has 0 atom stereocenters. The van der Waals surface area contributed by atoms with Gasteiger partial charge in [-0.1, -0.05) is 191 Å². The molecule has 0 saturated carbocycles. The van der Waals surface area contributed by atoms with Crippen molar-refractivity contribution < 1.29 is 4.42 Å². The van der Waals surface area contributed by atoms with Gasteiger partial charge in [0.2, 0.25) is 0 Å². The van der Waals surface area contributed by atoms with Crippen LogP contribution in [0.25, 0.3) is 88.3 Å². The Bertz CT molecular complexity index is 3790. The minimum absolute atomic E-state index is 0.0496. The molecule has 2 nitrogen and oxygen atoms in total. The van der Waals surface area contributed by atoms with Crippen LogP contribution in [0.2, 0.25) is 0 Å². The number of hydrogen-bond acceptors (Lipinski definition) is 2. The van der Waals surface area contributed by atoms with Gasteiger partial charge in [0.1, 0.15) is 11.2 Å². The van der Waals surface area contributed by atoms with Crippen molar-refractivity contribution in [1.82, 2.24) is 0 Å². The van der Waals surface area contributed by atoms with Crippen molar-refractivity contribution in [1.29, 1.82) is 0 Å². The number of fused-ring (bicyclic) bond motifs is 11. The molecule has 66 heavy (non-hydrogen) atoms. The molecule has 0 N–H and O–H groups in total. The summed E-state index contributed by atoms with van der Waals surface area (Å²) >= 11 is 0. The van der Waals surface area contributed by atoms with Crippen molar-refractivity contribution in [2.24, 2.45) is 0 Å². The highest BCUT2D eigenvalue weighted by Crippen LogP contribution is 2.55. The third-order valence-corrected chi connectivity index (χ3v) is 14.9. The average Bonchev–Trinajstić information content (AvgIpc) is 3.94. The summed E-state index contributed by atoms with van der Waals surface area (Å²) in [6, 6.07) is 78.4. The molecular formula is C64H47NO. The van der Waals surface area contributed by atoms with Gasteiger partial charge >= 0.3 is 0 Å². The Balaban J connectivity index is 1.02. The topological polar surface area (TPSA) is 16.4 Å². The zero-order valence-corrected chi connectivity index (χ0v) is 37.6. The predicted octanol–water partition coefficient (Wildman–Crippen LogP) is 17.8. The lowest BCUT2D eigenvalue weighted by atomic mass is 9.82. The van der Waals surface area contributed by atoms with Gasteiger partial charge in [-0.2, -0.15) is 0 Å². The number of benzene rings is 10. The van der Waals surface area contributed by atoms with Gasteiger partial charge in [-0.05, 0) is 126 Å². The summed E-state index contributed by atoms with van der Waals surface area (Å²) in [5.74, 6) is 0. The van der Waals surface area contributed by atoms with E-state index in [2.05, 4.69) is 245 Å². The molecule has 10 aromatic carbocycles. The molecule has 314 valence electrons. The Kier molecular flexibility index (Phi) is 8.33. The Hall–Kier alpha value is -7.94. The van der Waals surface area contributed by atoms with Crippen LogP contribution in [0.5, 0.6) is 0 Å². The van der Waals surface area contributed by atoms with E-state index in [9.17, 15) is 0 Å². The first kappa shape index (κ1) is 38.5. The molecule has 0 radical (unpaired) electrons. The number of para-hydroxylation sites is 1. The molecule has 0 spiro atoms. The van der Waals surface area contributed by atoms with Gasteiger partial charge in [-0.25, -0.2) is 0 Å². The van der Waals surface area contributed by atoms with Crippen LogP contribution in [0.15, 0.2) is 217 Å². The second kappa shape index (κ2) is 14.3. The Morgan fingerprint density at radius 2 is 0.939 bits per heavy atom. The zero-order valence-electron chi connectivity index (χ0n) is 37.6. The Labute approximate surface area is 386 Å². The summed E-state index contributed by atoms with van der Waals surface area (Å²) in [4.78, 5) is 2.47. The van der Waals surface area contributed by atoms with Crippen LogP contribution in [0.3, 0.4) is 0 Å². The van der Waals surface area contributed by atoms with Crippen LogP contribution < -0.4 is 4.90 Å². The van der Waals surface area contributed by atoms with Gasteiger partial charge in [0.05, 0.1) is 5.69 Å². The van der Waals surface area contributed by atoms with Crippen LogP contribution >= 0.6 is 0 Å². The summed E-state index contributed by atoms with van der Waals surface area (Å²) in [7, 11) is 0. The molecule has 2 aliphatic carbocycles. The second-order valence-corrected chi connectivity index (χ2v) is 19.2. The molecule has 1 aromatic heterocycles.